The zero-order valence-corrected chi connectivity index (χ0v) is 16.5. The molecule has 1 nitrogen and oxygen atoms in total. The van der Waals surface area contributed by atoms with Crippen molar-refractivity contribution in [3.8, 4) is 0 Å². The Hall–Kier alpha value is -1.08. The summed E-state index contributed by atoms with van der Waals surface area (Å²) in [6, 6.07) is 8.73. The Kier molecular flexibility index (Phi) is 10.7. The van der Waals surface area contributed by atoms with Gasteiger partial charge in [-0.3, -0.25) is 4.48 Å². The fourth-order valence-electron chi connectivity index (χ4n) is 3.55. The summed E-state index contributed by atoms with van der Waals surface area (Å²) in [6.07, 6.45) is 16.0. The molecule has 1 unspecified atom stereocenters. The summed E-state index contributed by atoms with van der Waals surface area (Å²) in [5, 5.41) is 0. The molecule has 1 rings (SSSR count). The van der Waals surface area contributed by atoms with Gasteiger partial charge in [0, 0.05) is 5.56 Å². The minimum atomic E-state index is 1.03. The van der Waals surface area contributed by atoms with Gasteiger partial charge in [-0.25, -0.2) is 0 Å². The first-order valence-electron chi connectivity index (χ1n) is 10.2. The van der Waals surface area contributed by atoms with Crippen molar-refractivity contribution in [2.45, 2.75) is 78.1 Å². The average molecular weight is 331 g/mol. The molecule has 0 radical (unpaired) electrons. The van der Waals surface area contributed by atoms with Gasteiger partial charge in [-0.2, -0.15) is 0 Å². The quantitative estimate of drug-likeness (QED) is 0.250. The molecule has 0 fully saturated rings. The van der Waals surface area contributed by atoms with Crippen molar-refractivity contribution in [1.82, 2.24) is 4.48 Å². The van der Waals surface area contributed by atoms with E-state index in [4.69, 9.17) is 0 Å². The number of rotatable bonds is 14. The van der Waals surface area contributed by atoms with E-state index in [9.17, 15) is 0 Å². The van der Waals surface area contributed by atoms with E-state index in [2.05, 4.69) is 51.7 Å². The Bertz CT molecular complexity index is 451. The zero-order chi connectivity index (χ0) is 17.7. The van der Waals surface area contributed by atoms with E-state index >= 15 is 0 Å². The molecule has 136 valence electrons. The van der Waals surface area contributed by atoms with Crippen LogP contribution in [0.15, 0.2) is 30.8 Å². The van der Waals surface area contributed by atoms with Crippen LogP contribution < -0.4 is 4.48 Å². The van der Waals surface area contributed by atoms with Crippen LogP contribution in [0, 0.1) is 0 Å². The zero-order valence-electron chi connectivity index (χ0n) is 16.5. The summed E-state index contributed by atoms with van der Waals surface area (Å²) in [5.74, 6) is 0. The third kappa shape index (κ3) is 7.21. The Balaban J connectivity index is 2.28. The lowest BCUT2D eigenvalue weighted by Gasteiger charge is -2.34. The SMILES string of the molecule is C=Cc1ccccc1[N+](C)(CC)CCCCCCCCCCCC. The standard InChI is InChI=1S/C23H40N/c1-5-8-9-10-11-12-13-14-15-18-21-24(4,7-3)23-20-17-16-19-22(23)6-2/h6,16-17,19-20H,2,5,7-15,18,21H2,1,3-4H3/q+1. The maximum absolute atomic E-state index is 3.99. The van der Waals surface area contributed by atoms with E-state index in [1.165, 1.54) is 82.0 Å². The lowest BCUT2D eigenvalue weighted by Crippen LogP contribution is -2.46. The molecule has 0 bridgehead atoms. The molecule has 1 aromatic carbocycles. The first kappa shape index (κ1) is 21.0. The van der Waals surface area contributed by atoms with Gasteiger partial charge in [0.1, 0.15) is 5.69 Å². The normalized spacial score (nSPS) is 13.6. The molecule has 0 aliphatic carbocycles. The Morgan fingerprint density at radius 3 is 1.92 bits per heavy atom. The van der Waals surface area contributed by atoms with Crippen molar-refractivity contribution in [1.29, 1.82) is 0 Å². The number of nitrogens with zero attached hydrogens (tertiary/aromatic N) is 1. The molecule has 0 aliphatic rings. The molecule has 0 spiro atoms. The van der Waals surface area contributed by atoms with Crippen molar-refractivity contribution in [3.05, 3.63) is 36.4 Å². The van der Waals surface area contributed by atoms with Gasteiger partial charge in [0.2, 0.25) is 0 Å². The van der Waals surface area contributed by atoms with Gasteiger partial charge in [-0.15, -0.1) is 0 Å². The van der Waals surface area contributed by atoms with Gasteiger partial charge in [0.25, 0.3) is 0 Å². The second-order valence-corrected chi connectivity index (χ2v) is 7.38. The third-order valence-electron chi connectivity index (χ3n) is 5.44. The Labute approximate surface area is 151 Å². The summed E-state index contributed by atoms with van der Waals surface area (Å²) in [7, 11) is 2.37. The van der Waals surface area contributed by atoms with Crippen molar-refractivity contribution in [2.75, 3.05) is 20.1 Å². The summed E-state index contributed by atoms with van der Waals surface area (Å²) in [5.41, 5.74) is 2.71. The smallest absolute Gasteiger partial charge is 0.139 e. The average Bonchev–Trinajstić information content (AvgIpc) is 2.63. The van der Waals surface area contributed by atoms with Gasteiger partial charge in [-0.1, -0.05) is 83.1 Å². The summed E-state index contributed by atoms with van der Waals surface area (Å²) in [6.45, 7) is 11.0. The number of hydrogen-bond donors (Lipinski definition) is 0. The highest BCUT2D eigenvalue weighted by atomic mass is 15.3. The molecule has 1 atom stereocenters. The lowest BCUT2D eigenvalue weighted by molar-refractivity contribution is 0.334. The number of hydrogen-bond acceptors (Lipinski definition) is 0. The number of para-hydroxylation sites is 1. The van der Waals surface area contributed by atoms with Crippen LogP contribution in [0.25, 0.3) is 6.08 Å². The van der Waals surface area contributed by atoms with E-state index < -0.39 is 0 Å². The summed E-state index contributed by atoms with van der Waals surface area (Å²) < 4.78 is 1.03. The summed E-state index contributed by atoms with van der Waals surface area (Å²) >= 11 is 0. The van der Waals surface area contributed by atoms with E-state index in [0.29, 0.717) is 0 Å². The molecule has 0 aliphatic heterocycles. The van der Waals surface area contributed by atoms with Crippen LogP contribution in [0.4, 0.5) is 5.69 Å². The third-order valence-corrected chi connectivity index (χ3v) is 5.44. The van der Waals surface area contributed by atoms with Gasteiger partial charge >= 0.3 is 0 Å². The fourth-order valence-corrected chi connectivity index (χ4v) is 3.55. The molecule has 0 heterocycles. The van der Waals surface area contributed by atoms with E-state index in [-0.39, 0.29) is 0 Å². The van der Waals surface area contributed by atoms with Crippen LogP contribution in [-0.4, -0.2) is 20.1 Å². The lowest BCUT2D eigenvalue weighted by atomic mass is 10.1. The second kappa shape index (κ2) is 12.3. The van der Waals surface area contributed by atoms with Crippen LogP contribution in [0.5, 0.6) is 0 Å². The minimum absolute atomic E-state index is 1.03. The Morgan fingerprint density at radius 1 is 0.833 bits per heavy atom. The first-order chi connectivity index (χ1) is 11.7. The molecular weight excluding hydrogens is 290 g/mol. The molecule has 0 saturated carbocycles. The monoisotopic (exact) mass is 330 g/mol. The molecule has 0 saturated heterocycles. The van der Waals surface area contributed by atoms with E-state index in [1.807, 2.05) is 6.08 Å². The van der Waals surface area contributed by atoms with E-state index in [1.54, 1.807) is 0 Å². The molecule has 0 amide bonds. The van der Waals surface area contributed by atoms with Crippen LogP contribution >= 0.6 is 0 Å². The highest BCUT2D eigenvalue weighted by molar-refractivity contribution is 5.64. The van der Waals surface area contributed by atoms with Gasteiger partial charge < -0.3 is 0 Å². The molecule has 0 N–H and O–H groups in total. The number of quaternary nitrogens is 1. The van der Waals surface area contributed by atoms with Crippen LogP contribution in [0.3, 0.4) is 0 Å². The highest BCUT2D eigenvalue weighted by Crippen LogP contribution is 2.27. The number of benzene rings is 1. The second-order valence-electron chi connectivity index (χ2n) is 7.38. The van der Waals surface area contributed by atoms with Gasteiger partial charge in [0.05, 0.1) is 20.1 Å². The molecule has 1 aromatic rings. The summed E-state index contributed by atoms with van der Waals surface area (Å²) in [4.78, 5) is 0. The fraction of sp³-hybridized carbons (Fsp3) is 0.652. The predicted octanol–water partition coefficient (Wildman–Crippen LogP) is 7.21. The van der Waals surface area contributed by atoms with E-state index in [0.717, 1.165) is 11.0 Å². The highest BCUT2D eigenvalue weighted by Gasteiger charge is 2.24. The van der Waals surface area contributed by atoms with Crippen LogP contribution in [-0.2, 0) is 0 Å². The Morgan fingerprint density at radius 2 is 1.38 bits per heavy atom. The topological polar surface area (TPSA) is 0 Å². The minimum Gasteiger partial charge on any atom is -0.293 e. The maximum atomic E-state index is 3.99. The molecule has 24 heavy (non-hydrogen) atoms. The van der Waals surface area contributed by atoms with Crippen molar-refractivity contribution >= 4 is 11.8 Å². The van der Waals surface area contributed by atoms with Gasteiger partial charge in [-0.05, 0) is 31.9 Å². The molecule has 1 heteroatoms. The molecule has 0 aromatic heterocycles. The first-order valence-corrected chi connectivity index (χ1v) is 10.2. The van der Waals surface area contributed by atoms with Gasteiger partial charge in [0.15, 0.2) is 0 Å². The number of unbranched alkanes of at least 4 members (excludes halogenated alkanes) is 9. The van der Waals surface area contributed by atoms with Crippen LogP contribution in [0.2, 0.25) is 0 Å². The predicted molar refractivity (Wildman–Crippen MR) is 112 cm³/mol. The maximum Gasteiger partial charge on any atom is 0.139 e. The molecular formula is C23H40N+. The van der Waals surface area contributed by atoms with Crippen molar-refractivity contribution in [2.24, 2.45) is 0 Å². The van der Waals surface area contributed by atoms with Crippen molar-refractivity contribution in [3.63, 3.8) is 0 Å². The largest absolute Gasteiger partial charge is 0.293 e. The van der Waals surface area contributed by atoms with Crippen LogP contribution in [0.1, 0.15) is 83.6 Å². The van der Waals surface area contributed by atoms with Crippen molar-refractivity contribution < 1.29 is 0 Å².